The van der Waals surface area contributed by atoms with Gasteiger partial charge in [0.05, 0.1) is 10.0 Å². The Morgan fingerprint density at radius 3 is 2.22 bits per heavy atom. The molecule has 0 aromatic heterocycles. The number of phenols is 1. The lowest BCUT2D eigenvalue weighted by Gasteiger charge is -2.19. The number of hydrogen-bond donors (Lipinski definition) is 2. The quantitative estimate of drug-likeness (QED) is 0.802. The van der Waals surface area contributed by atoms with E-state index in [1.807, 2.05) is 0 Å². The molecule has 5 heteroatoms. The second-order valence-corrected chi connectivity index (χ2v) is 5.75. The van der Waals surface area contributed by atoms with Crippen molar-refractivity contribution in [1.29, 1.82) is 0 Å². The summed E-state index contributed by atoms with van der Waals surface area (Å²) in [5, 5.41) is 18.9. The predicted octanol–water partition coefficient (Wildman–Crippen LogP) is 4.21. The molecule has 0 unspecified atom stereocenters. The Labute approximate surface area is 116 Å². The highest BCUT2D eigenvalue weighted by Gasteiger charge is 2.23. The molecule has 0 saturated heterocycles. The maximum absolute atomic E-state index is 11.2. The first kappa shape index (κ1) is 14.9. The Hall–Kier alpha value is -1.19. The van der Waals surface area contributed by atoms with Gasteiger partial charge in [0.2, 0.25) is 0 Å². The van der Waals surface area contributed by atoms with Crippen LogP contribution < -0.4 is 0 Å². The number of carbonyl (C=O) groups is 1. The fourth-order valence-corrected chi connectivity index (χ4v) is 1.80. The molecule has 0 atom stereocenters. The molecule has 0 aliphatic heterocycles. The first-order chi connectivity index (χ1) is 8.12. The van der Waals surface area contributed by atoms with Crippen molar-refractivity contribution in [3.63, 3.8) is 0 Å². The van der Waals surface area contributed by atoms with E-state index in [2.05, 4.69) is 0 Å². The second kappa shape index (κ2) is 5.21. The molecule has 1 aromatic carbocycles. The number of carboxylic acid groups (broad SMARTS) is 1. The molecule has 0 spiro atoms. The Balaban J connectivity index is 3.38. The zero-order chi connectivity index (χ0) is 14.1. The van der Waals surface area contributed by atoms with E-state index in [9.17, 15) is 15.0 Å². The lowest BCUT2D eigenvalue weighted by Crippen LogP contribution is -2.17. The van der Waals surface area contributed by atoms with Crippen LogP contribution in [0.1, 0.15) is 26.3 Å². The minimum absolute atomic E-state index is 0.129. The predicted molar refractivity (Wildman–Crippen MR) is 73.2 cm³/mol. The van der Waals surface area contributed by atoms with Gasteiger partial charge in [0.1, 0.15) is 5.75 Å². The highest BCUT2D eigenvalue weighted by Crippen LogP contribution is 2.34. The Bertz CT molecular complexity index is 514. The highest BCUT2D eigenvalue weighted by atomic mass is 35.5. The lowest BCUT2D eigenvalue weighted by molar-refractivity contribution is -0.133. The van der Waals surface area contributed by atoms with Crippen LogP contribution in [-0.4, -0.2) is 16.2 Å². The van der Waals surface area contributed by atoms with Crippen LogP contribution in [0.2, 0.25) is 10.0 Å². The maximum atomic E-state index is 11.2. The van der Waals surface area contributed by atoms with Crippen LogP contribution in [0.4, 0.5) is 0 Å². The number of halogens is 2. The average molecular weight is 289 g/mol. The van der Waals surface area contributed by atoms with Gasteiger partial charge in [-0.25, -0.2) is 4.79 Å². The molecular weight excluding hydrogens is 275 g/mol. The number of hydrogen-bond acceptors (Lipinski definition) is 2. The first-order valence-electron chi connectivity index (χ1n) is 5.26. The normalized spacial score (nSPS) is 12.6. The van der Waals surface area contributed by atoms with Crippen molar-refractivity contribution in [2.45, 2.75) is 20.8 Å². The molecule has 1 rings (SSSR count). The van der Waals surface area contributed by atoms with Crippen LogP contribution in [0.3, 0.4) is 0 Å². The molecular formula is C13H14Cl2O3. The Morgan fingerprint density at radius 1 is 1.22 bits per heavy atom. The summed E-state index contributed by atoms with van der Waals surface area (Å²) in [5.41, 5.74) is 0.150. The van der Waals surface area contributed by atoms with E-state index in [0.717, 1.165) is 0 Å². The van der Waals surface area contributed by atoms with E-state index < -0.39 is 11.4 Å². The number of carboxylic acids is 1. The van der Waals surface area contributed by atoms with Gasteiger partial charge in [0.15, 0.2) is 0 Å². The molecule has 0 radical (unpaired) electrons. The topological polar surface area (TPSA) is 57.5 Å². The van der Waals surface area contributed by atoms with Gasteiger partial charge >= 0.3 is 5.97 Å². The van der Waals surface area contributed by atoms with E-state index in [4.69, 9.17) is 23.2 Å². The van der Waals surface area contributed by atoms with Crippen LogP contribution in [0, 0.1) is 5.41 Å². The van der Waals surface area contributed by atoms with E-state index in [-0.39, 0.29) is 21.4 Å². The van der Waals surface area contributed by atoms with Gasteiger partial charge in [-0.3, -0.25) is 0 Å². The second-order valence-electron chi connectivity index (χ2n) is 4.94. The molecule has 3 nitrogen and oxygen atoms in total. The third-order valence-corrected chi connectivity index (χ3v) is 3.03. The number of phenolic OH excluding ortho intramolecular Hbond substituents is 1. The van der Waals surface area contributed by atoms with Gasteiger partial charge < -0.3 is 10.2 Å². The van der Waals surface area contributed by atoms with Gasteiger partial charge in [0.25, 0.3) is 0 Å². The van der Waals surface area contributed by atoms with Crippen molar-refractivity contribution in [3.05, 3.63) is 33.3 Å². The summed E-state index contributed by atoms with van der Waals surface area (Å²) < 4.78 is 0. The Kier molecular flexibility index (Phi) is 4.30. The summed E-state index contributed by atoms with van der Waals surface area (Å²) in [6, 6.07) is 2.73. The SMILES string of the molecule is CC(C)(C)C(=Cc1cc(Cl)c(O)cc1Cl)C(=O)O. The fraction of sp³-hybridized carbons (Fsp3) is 0.308. The molecule has 0 aliphatic carbocycles. The smallest absolute Gasteiger partial charge is 0.332 e. The number of aliphatic carboxylic acids is 1. The minimum atomic E-state index is -1.01. The molecule has 2 N–H and O–H groups in total. The monoisotopic (exact) mass is 288 g/mol. The standard InChI is InChI=1S/C13H14Cl2O3/c1-13(2,3)8(12(17)18)4-7-5-10(15)11(16)6-9(7)14/h4-6,16H,1-3H3,(H,17,18). The third kappa shape index (κ3) is 3.40. The molecule has 0 amide bonds. The van der Waals surface area contributed by atoms with Gasteiger partial charge in [0, 0.05) is 11.6 Å². The molecule has 0 saturated carbocycles. The van der Waals surface area contributed by atoms with Crippen LogP contribution in [-0.2, 0) is 4.79 Å². The average Bonchev–Trinajstić information content (AvgIpc) is 2.19. The summed E-state index contributed by atoms with van der Waals surface area (Å²) in [5.74, 6) is -1.14. The maximum Gasteiger partial charge on any atom is 0.332 e. The van der Waals surface area contributed by atoms with Crippen molar-refractivity contribution >= 4 is 35.2 Å². The van der Waals surface area contributed by atoms with Crippen LogP contribution in [0.5, 0.6) is 5.75 Å². The Morgan fingerprint density at radius 2 is 1.78 bits per heavy atom. The highest BCUT2D eigenvalue weighted by molar-refractivity contribution is 6.35. The van der Waals surface area contributed by atoms with E-state index in [1.54, 1.807) is 20.8 Å². The van der Waals surface area contributed by atoms with Gasteiger partial charge in [-0.05, 0) is 23.1 Å². The van der Waals surface area contributed by atoms with Crippen molar-refractivity contribution in [2.24, 2.45) is 5.41 Å². The summed E-state index contributed by atoms with van der Waals surface area (Å²) in [6.45, 7) is 5.38. The summed E-state index contributed by atoms with van der Waals surface area (Å²) in [4.78, 5) is 11.2. The summed E-state index contributed by atoms with van der Waals surface area (Å²) >= 11 is 11.7. The lowest BCUT2D eigenvalue weighted by atomic mass is 9.85. The van der Waals surface area contributed by atoms with Gasteiger partial charge in [-0.1, -0.05) is 44.0 Å². The van der Waals surface area contributed by atoms with Crippen LogP contribution in [0.15, 0.2) is 17.7 Å². The molecule has 0 fully saturated rings. The van der Waals surface area contributed by atoms with E-state index in [0.29, 0.717) is 5.56 Å². The van der Waals surface area contributed by atoms with Gasteiger partial charge in [-0.15, -0.1) is 0 Å². The number of benzene rings is 1. The van der Waals surface area contributed by atoms with Crippen LogP contribution in [0.25, 0.3) is 6.08 Å². The molecule has 1 aromatic rings. The van der Waals surface area contributed by atoms with E-state index in [1.165, 1.54) is 18.2 Å². The van der Waals surface area contributed by atoms with Gasteiger partial charge in [-0.2, -0.15) is 0 Å². The number of rotatable bonds is 2. The largest absolute Gasteiger partial charge is 0.506 e. The van der Waals surface area contributed by atoms with Crippen LogP contribution >= 0.6 is 23.2 Å². The van der Waals surface area contributed by atoms with Crippen molar-refractivity contribution in [2.75, 3.05) is 0 Å². The summed E-state index contributed by atoms with van der Waals surface area (Å²) in [7, 11) is 0. The van der Waals surface area contributed by atoms with Crippen molar-refractivity contribution < 1.29 is 15.0 Å². The minimum Gasteiger partial charge on any atom is -0.506 e. The zero-order valence-corrected chi connectivity index (χ0v) is 11.8. The fourth-order valence-electron chi connectivity index (χ4n) is 1.42. The molecule has 18 heavy (non-hydrogen) atoms. The molecule has 0 aliphatic rings. The zero-order valence-electron chi connectivity index (χ0n) is 10.3. The van der Waals surface area contributed by atoms with E-state index >= 15 is 0 Å². The molecule has 98 valence electrons. The summed E-state index contributed by atoms with van der Waals surface area (Å²) in [6.07, 6.45) is 1.47. The number of aromatic hydroxyl groups is 1. The third-order valence-electron chi connectivity index (χ3n) is 2.40. The first-order valence-corrected chi connectivity index (χ1v) is 6.02. The molecule has 0 bridgehead atoms. The van der Waals surface area contributed by atoms with Crippen molar-refractivity contribution in [3.8, 4) is 5.75 Å². The molecule has 0 heterocycles. The van der Waals surface area contributed by atoms with Crippen molar-refractivity contribution in [1.82, 2.24) is 0 Å².